The van der Waals surface area contributed by atoms with Crippen LogP contribution in [0, 0.1) is 5.92 Å². The fourth-order valence-corrected chi connectivity index (χ4v) is 3.22. The van der Waals surface area contributed by atoms with E-state index in [1.54, 1.807) is 7.05 Å². The summed E-state index contributed by atoms with van der Waals surface area (Å²) in [6.07, 6.45) is 6.44. The van der Waals surface area contributed by atoms with Crippen molar-refractivity contribution in [2.45, 2.75) is 25.7 Å². The molecule has 0 unspecified atom stereocenters. The second-order valence-corrected chi connectivity index (χ2v) is 6.40. The number of benzene rings is 1. The molecule has 0 bridgehead atoms. The molecule has 1 aromatic heterocycles. The van der Waals surface area contributed by atoms with Gasteiger partial charge in [0, 0.05) is 38.7 Å². The van der Waals surface area contributed by atoms with Gasteiger partial charge in [-0.25, -0.2) is 4.68 Å². The number of aryl methyl sites for hydroxylation is 1. The molecule has 6 heteroatoms. The molecular formula is C19H24N4O2. The largest absolute Gasteiger partial charge is 0.359 e. The molecule has 0 spiro atoms. The van der Waals surface area contributed by atoms with Gasteiger partial charge >= 0.3 is 0 Å². The summed E-state index contributed by atoms with van der Waals surface area (Å²) in [4.78, 5) is 25.9. The molecule has 1 aliphatic rings. The number of piperidine rings is 1. The van der Waals surface area contributed by atoms with Crippen molar-refractivity contribution >= 4 is 11.8 Å². The maximum absolute atomic E-state index is 12.4. The molecule has 1 fully saturated rings. The molecule has 0 saturated carbocycles. The predicted molar refractivity (Wildman–Crippen MR) is 95.3 cm³/mol. The summed E-state index contributed by atoms with van der Waals surface area (Å²) >= 11 is 0. The van der Waals surface area contributed by atoms with Crippen LogP contribution in [0.25, 0.3) is 5.69 Å². The highest BCUT2D eigenvalue weighted by atomic mass is 16.2. The fourth-order valence-electron chi connectivity index (χ4n) is 3.22. The number of nitrogens with one attached hydrogen (secondary N) is 1. The first-order valence-corrected chi connectivity index (χ1v) is 8.75. The molecule has 25 heavy (non-hydrogen) atoms. The molecule has 0 aliphatic carbocycles. The average molecular weight is 340 g/mol. The lowest BCUT2D eigenvalue weighted by molar-refractivity contribution is -0.135. The number of carbonyl (C=O) groups is 2. The van der Waals surface area contributed by atoms with Crippen LogP contribution in [0.4, 0.5) is 0 Å². The van der Waals surface area contributed by atoms with Crippen molar-refractivity contribution in [3.8, 4) is 5.69 Å². The third-order valence-electron chi connectivity index (χ3n) is 4.75. The highest BCUT2D eigenvalue weighted by Crippen LogP contribution is 2.18. The number of para-hydroxylation sites is 1. The van der Waals surface area contributed by atoms with Crippen molar-refractivity contribution in [1.29, 1.82) is 0 Å². The molecule has 6 nitrogen and oxygen atoms in total. The van der Waals surface area contributed by atoms with Crippen LogP contribution in [-0.2, 0) is 16.0 Å². The van der Waals surface area contributed by atoms with Gasteiger partial charge in [-0.15, -0.1) is 0 Å². The van der Waals surface area contributed by atoms with E-state index in [4.69, 9.17) is 0 Å². The quantitative estimate of drug-likeness (QED) is 0.902. The summed E-state index contributed by atoms with van der Waals surface area (Å²) in [7, 11) is 1.66. The maximum atomic E-state index is 12.4. The first kappa shape index (κ1) is 17.2. The Balaban J connectivity index is 1.49. The Labute approximate surface area is 147 Å². The number of amides is 2. The zero-order chi connectivity index (χ0) is 17.6. The normalized spacial score (nSPS) is 15.2. The predicted octanol–water partition coefficient (Wildman–Crippen LogP) is 1.79. The van der Waals surface area contributed by atoms with E-state index in [0.29, 0.717) is 25.9 Å². The Kier molecular flexibility index (Phi) is 5.48. The lowest BCUT2D eigenvalue weighted by Crippen LogP contribution is -2.42. The summed E-state index contributed by atoms with van der Waals surface area (Å²) < 4.78 is 1.83. The zero-order valence-electron chi connectivity index (χ0n) is 14.5. The van der Waals surface area contributed by atoms with Crippen LogP contribution in [-0.4, -0.2) is 46.6 Å². The lowest BCUT2D eigenvalue weighted by atomic mass is 9.95. The summed E-state index contributed by atoms with van der Waals surface area (Å²) in [6, 6.07) is 9.92. The van der Waals surface area contributed by atoms with E-state index in [9.17, 15) is 9.59 Å². The van der Waals surface area contributed by atoms with Gasteiger partial charge in [0.25, 0.3) is 0 Å². The molecule has 132 valence electrons. The molecule has 2 amide bonds. The number of carbonyl (C=O) groups excluding carboxylic acids is 2. The van der Waals surface area contributed by atoms with Gasteiger partial charge in [0.15, 0.2) is 0 Å². The third-order valence-corrected chi connectivity index (χ3v) is 4.75. The summed E-state index contributed by atoms with van der Waals surface area (Å²) in [6.45, 7) is 1.33. The van der Waals surface area contributed by atoms with Crippen LogP contribution in [0.1, 0.15) is 24.8 Å². The van der Waals surface area contributed by atoms with Gasteiger partial charge < -0.3 is 10.2 Å². The van der Waals surface area contributed by atoms with E-state index in [1.165, 1.54) is 0 Å². The number of nitrogens with zero attached hydrogens (tertiary/aromatic N) is 3. The third kappa shape index (κ3) is 4.26. The van der Waals surface area contributed by atoms with Crippen molar-refractivity contribution < 1.29 is 9.59 Å². The number of likely N-dealkylation sites (tertiary alicyclic amines) is 1. The first-order chi connectivity index (χ1) is 12.2. The molecule has 2 aromatic rings. The smallest absolute Gasteiger partial charge is 0.222 e. The van der Waals surface area contributed by atoms with E-state index in [2.05, 4.69) is 10.4 Å². The topological polar surface area (TPSA) is 67.2 Å². The standard InChI is InChI=1S/C19H24N4O2/c1-20-19(25)16-9-11-22(12-10-16)18(24)8-7-15-13-21-23(14-15)17-5-3-2-4-6-17/h2-6,13-14,16H,7-12H2,1H3,(H,20,25). The van der Waals surface area contributed by atoms with E-state index >= 15 is 0 Å². The van der Waals surface area contributed by atoms with Crippen molar-refractivity contribution in [2.75, 3.05) is 20.1 Å². The summed E-state index contributed by atoms with van der Waals surface area (Å²) in [5, 5.41) is 7.05. The van der Waals surface area contributed by atoms with Gasteiger partial charge in [0.2, 0.25) is 11.8 Å². The number of rotatable bonds is 5. The van der Waals surface area contributed by atoms with Gasteiger partial charge in [-0.05, 0) is 37.0 Å². The Morgan fingerprint density at radius 1 is 1.20 bits per heavy atom. The summed E-state index contributed by atoms with van der Waals surface area (Å²) in [5.41, 5.74) is 2.06. The van der Waals surface area contributed by atoms with Crippen molar-refractivity contribution in [3.63, 3.8) is 0 Å². The second-order valence-electron chi connectivity index (χ2n) is 6.40. The van der Waals surface area contributed by atoms with Crippen LogP contribution < -0.4 is 5.32 Å². The highest BCUT2D eigenvalue weighted by molar-refractivity contribution is 5.80. The van der Waals surface area contributed by atoms with Crippen molar-refractivity contribution in [2.24, 2.45) is 5.92 Å². The van der Waals surface area contributed by atoms with E-state index < -0.39 is 0 Å². The Morgan fingerprint density at radius 2 is 1.92 bits per heavy atom. The molecule has 1 N–H and O–H groups in total. The monoisotopic (exact) mass is 340 g/mol. The van der Waals surface area contributed by atoms with Gasteiger partial charge in [-0.2, -0.15) is 5.10 Å². The molecule has 0 radical (unpaired) electrons. The van der Waals surface area contributed by atoms with Crippen molar-refractivity contribution in [1.82, 2.24) is 20.0 Å². The van der Waals surface area contributed by atoms with Crippen LogP contribution in [0.2, 0.25) is 0 Å². The van der Waals surface area contributed by atoms with Gasteiger partial charge in [-0.3, -0.25) is 9.59 Å². The van der Waals surface area contributed by atoms with Crippen LogP contribution in [0.5, 0.6) is 0 Å². The minimum absolute atomic E-state index is 0.0400. The van der Waals surface area contributed by atoms with Crippen LogP contribution in [0.3, 0.4) is 0 Å². The van der Waals surface area contributed by atoms with Gasteiger partial charge in [0.1, 0.15) is 0 Å². The molecule has 2 heterocycles. The highest BCUT2D eigenvalue weighted by Gasteiger charge is 2.26. The second kappa shape index (κ2) is 7.96. The van der Waals surface area contributed by atoms with Crippen LogP contribution in [0.15, 0.2) is 42.7 Å². The first-order valence-electron chi connectivity index (χ1n) is 8.75. The summed E-state index contributed by atoms with van der Waals surface area (Å²) in [5.74, 6) is 0.279. The fraction of sp³-hybridized carbons (Fsp3) is 0.421. The van der Waals surface area contributed by atoms with Crippen molar-refractivity contribution in [3.05, 3.63) is 48.3 Å². The average Bonchev–Trinajstić information content (AvgIpc) is 3.15. The van der Waals surface area contributed by atoms with Gasteiger partial charge in [0.05, 0.1) is 11.9 Å². The minimum atomic E-state index is 0.0400. The number of hydrogen-bond acceptors (Lipinski definition) is 3. The molecule has 1 aliphatic heterocycles. The molecular weight excluding hydrogens is 316 g/mol. The lowest BCUT2D eigenvalue weighted by Gasteiger charge is -2.31. The number of aromatic nitrogens is 2. The minimum Gasteiger partial charge on any atom is -0.359 e. The van der Waals surface area contributed by atoms with E-state index in [0.717, 1.165) is 24.1 Å². The zero-order valence-corrected chi connectivity index (χ0v) is 14.5. The molecule has 3 rings (SSSR count). The van der Waals surface area contributed by atoms with Gasteiger partial charge in [-0.1, -0.05) is 18.2 Å². The van der Waals surface area contributed by atoms with Crippen LogP contribution >= 0.6 is 0 Å². The van der Waals surface area contributed by atoms with E-state index in [1.807, 2.05) is 52.3 Å². The SMILES string of the molecule is CNC(=O)C1CCN(C(=O)CCc2cnn(-c3ccccc3)c2)CC1. The molecule has 1 saturated heterocycles. The van der Waals surface area contributed by atoms with E-state index in [-0.39, 0.29) is 17.7 Å². The Hall–Kier alpha value is -2.63. The Morgan fingerprint density at radius 3 is 2.60 bits per heavy atom. The maximum Gasteiger partial charge on any atom is 0.222 e. The molecule has 1 aromatic carbocycles. The Bertz CT molecular complexity index is 718. The molecule has 0 atom stereocenters. The number of hydrogen-bond donors (Lipinski definition) is 1.